The topological polar surface area (TPSA) is 83.7 Å². The Morgan fingerprint density at radius 3 is 2.55 bits per heavy atom. The number of aromatic nitrogens is 1. The van der Waals surface area contributed by atoms with Gasteiger partial charge in [-0.1, -0.05) is 12.1 Å². The van der Waals surface area contributed by atoms with Crippen LogP contribution in [0, 0.1) is 6.92 Å². The summed E-state index contributed by atoms with van der Waals surface area (Å²) in [5, 5.41) is 0. The summed E-state index contributed by atoms with van der Waals surface area (Å²) < 4.78 is 34.3. The lowest BCUT2D eigenvalue weighted by atomic mass is 10.1. The Morgan fingerprint density at radius 2 is 1.84 bits per heavy atom. The van der Waals surface area contributed by atoms with E-state index in [9.17, 15) is 13.2 Å². The molecular formula is C23H23N3O4S. The maximum absolute atomic E-state index is 13.6. The molecule has 1 aromatic heterocycles. The molecule has 1 aliphatic heterocycles. The van der Waals surface area contributed by atoms with Crippen LogP contribution < -0.4 is 9.21 Å². The van der Waals surface area contributed by atoms with Gasteiger partial charge in [0.2, 0.25) is 5.91 Å². The van der Waals surface area contributed by atoms with Gasteiger partial charge in [0.1, 0.15) is 0 Å². The van der Waals surface area contributed by atoms with Crippen molar-refractivity contribution in [1.29, 1.82) is 0 Å². The number of sulfonamides is 1. The summed E-state index contributed by atoms with van der Waals surface area (Å²) in [5.74, 6) is 1.68. The summed E-state index contributed by atoms with van der Waals surface area (Å²) >= 11 is 0. The van der Waals surface area contributed by atoms with Gasteiger partial charge >= 0.3 is 0 Å². The second-order valence-corrected chi connectivity index (χ2v) is 9.95. The van der Waals surface area contributed by atoms with E-state index in [-0.39, 0.29) is 23.8 Å². The predicted molar refractivity (Wildman–Crippen MR) is 118 cm³/mol. The zero-order valence-electron chi connectivity index (χ0n) is 17.4. The normalized spacial score (nSPS) is 16.9. The van der Waals surface area contributed by atoms with E-state index in [0.29, 0.717) is 23.1 Å². The Morgan fingerprint density at radius 1 is 1.10 bits per heavy atom. The third-order valence-electron chi connectivity index (χ3n) is 5.91. The number of carbonyl (C=O) groups is 1. The second kappa shape index (κ2) is 7.23. The van der Waals surface area contributed by atoms with E-state index in [4.69, 9.17) is 4.42 Å². The van der Waals surface area contributed by atoms with Crippen molar-refractivity contribution < 1.29 is 17.6 Å². The van der Waals surface area contributed by atoms with Crippen LogP contribution in [-0.4, -0.2) is 32.9 Å². The van der Waals surface area contributed by atoms with Gasteiger partial charge in [0.05, 0.1) is 22.5 Å². The van der Waals surface area contributed by atoms with E-state index in [1.807, 2.05) is 19.1 Å². The number of rotatable bonds is 4. The molecule has 0 unspecified atom stereocenters. The smallest absolute Gasteiger partial charge is 0.264 e. The molecule has 2 aromatic carbocycles. The first-order valence-corrected chi connectivity index (χ1v) is 11.8. The van der Waals surface area contributed by atoms with E-state index >= 15 is 0 Å². The predicted octanol–water partition coefficient (Wildman–Crippen LogP) is 4.09. The zero-order valence-corrected chi connectivity index (χ0v) is 18.2. The molecule has 31 heavy (non-hydrogen) atoms. The second-order valence-electron chi connectivity index (χ2n) is 8.08. The molecule has 1 fully saturated rings. The molecule has 1 aliphatic carbocycles. The third-order valence-corrected chi connectivity index (χ3v) is 7.72. The molecule has 0 radical (unpaired) electrons. The summed E-state index contributed by atoms with van der Waals surface area (Å²) in [6, 6.07) is 12.1. The number of hydrogen-bond acceptors (Lipinski definition) is 5. The molecule has 0 bridgehead atoms. The quantitative estimate of drug-likeness (QED) is 0.614. The first-order valence-electron chi connectivity index (χ1n) is 10.3. The molecule has 0 N–H and O–H groups in total. The average molecular weight is 438 g/mol. The van der Waals surface area contributed by atoms with Gasteiger partial charge in [-0.05, 0) is 55.7 Å². The van der Waals surface area contributed by atoms with Crippen LogP contribution in [0.1, 0.15) is 36.6 Å². The minimum absolute atomic E-state index is 0.0952. The molecule has 8 heteroatoms. The molecule has 3 aromatic rings. The van der Waals surface area contributed by atoms with Crippen molar-refractivity contribution in [1.82, 2.24) is 4.98 Å². The highest BCUT2D eigenvalue weighted by Crippen LogP contribution is 2.41. The van der Waals surface area contributed by atoms with Crippen molar-refractivity contribution in [3.63, 3.8) is 0 Å². The van der Waals surface area contributed by atoms with Crippen molar-refractivity contribution in [3.05, 3.63) is 60.1 Å². The number of aryl methyl sites for hydroxylation is 1. The van der Waals surface area contributed by atoms with Crippen molar-refractivity contribution in [3.8, 4) is 11.3 Å². The van der Waals surface area contributed by atoms with Crippen LogP contribution in [0.3, 0.4) is 0 Å². The number of carbonyl (C=O) groups excluding carboxylic acids is 1. The monoisotopic (exact) mass is 437 g/mol. The molecule has 2 heterocycles. The first kappa shape index (κ1) is 19.8. The molecule has 0 atom stereocenters. The number of oxazole rings is 1. The van der Waals surface area contributed by atoms with Crippen molar-refractivity contribution in [2.75, 3.05) is 22.8 Å². The lowest BCUT2D eigenvalue weighted by Crippen LogP contribution is -2.32. The summed E-state index contributed by atoms with van der Waals surface area (Å²) in [6.45, 7) is 1.95. The lowest BCUT2D eigenvalue weighted by Gasteiger charge is -2.26. The fourth-order valence-corrected chi connectivity index (χ4v) is 5.49. The van der Waals surface area contributed by atoms with Gasteiger partial charge in [-0.15, -0.1) is 0 Å². The van der Waals surface area contributed by atoms with Crippen molar-refractivity contribution in [2.24, 2.45) is 0 Å². The van der Waals surface area contributed by atoms with Gasteiger partial charge in [-0.3, -0.25) is 9.10 Å². The summed E-state index contributed by atoms with van der Waals surface area (Å²) in [4.78, 5) is 18.5. The summed E-state index contributed by atoms with van der Waals surface area (Å²) in [5.41, 5.74) is 2.72. The number of fused-ring (bicyclic) bond motifs is 1. The van der Waals surface area contributed by atoms with Crippen LogP contribution in [0.25, 0.3) is 11.3 Å². The van der Waals surface area contributed by atoms with Gasteiger partial charge in [0.25, 0.3) is 10.0 Å². The van der Waals surface area contributed by atoms with E-state index in [1.165, 1.54) is 9.21 Å². The van der Waals surface area contributed by atoms with E-state index in [0.717, 1.165) is 29.9 Å². The molecule has 0 saturated heterocycles. The number of nitrogens with zero attached hydrogens (tertiary/aromatic N) is 3. The largest absolute Gasteiger partial charge is 0.440 e. The fraction of sp³-hybridized carbons (Fsp3) is 0.304. The summed E-state index contributed by atoms with van der Waals surface area (Å²) in [6.07, 6.45) is 4.01. The number of amides is 1. The highest BCUT2D eigenvalue weighted by molar-refractivity contribution is 7.92. The molecule has 0 spiro atoms. The number of anilines is 2. The van der Waals surface area contributed by atoms with Crippen LogP contribution in [0.15, 0.2) is 58.0 Å². The van der Waals surface area contributed by atoms with Crippen LogP contribution in [-0.2, 0) is 14.8 Å². The van der Waals surface area contributed by atoms with Gasteiger partial charge in [-0.2, -0.15) is 0 Å². The minimum atomic E-state index is -3.86. The molecular weight excluding hydrogens is 414 g/mol. The van der Waals surface area contributed by atoms with Crippen LogP contribution >= 0.6 is 0 Å². The Labute approximate surface area is 181 Å². The SMILES string of the molecule is Cc1cccc2c1N(S(=O)(=O)c1ccc(-c3cnc(C4CC4)o3)cc1)CCC(=O)N2C. The molecule has 2 aliphatic rings. The van der Waals surface area contributed by atoms with Crippen molar-refractivity contribution in [2.45, 2.75) is 37.0 Å². The number of benzene rings is 2. The average Bonchev–Trinajstić information content (AvgIpc) is 3.52. The standard InChI is InChI=1S/C23H23N3O4S/c1-15-4-3-5-19-22(15)26(13-12-21(27)25(19)2)31(28,29)18-10-8-16(9-11-18)20-14-24-23(30-20)17-6-7-17/h3-5,8-11,14,17H,6-7,12-13H2,1-2H3. The molecule has 1 amide bonds. The van der Waals surface area contributed by atoms with Gasteiger partial charge in [0, 0.05) is 31.5 Å². The number of para-hydroxylation sites is 1. The first-order chi connectivity index (χ1) is 14.9. The Kier molecular flexibility index (Phi) is 4.62. The van der Waals surface area contributed by atoms with Crippen LogP contribution in [0.5, 0.6) is 0 Å². The minimum Gasteiger partial charge on any atom is -0.440 e. The van der Waals surface area contributed by atoms with E-state index in [2.05, 4.69) is 4.98 Å². The van der Waals surface area contributed by atoms with E-state index < -0.39 is 10.0 Å². The highest BCUT2D eigenvalue weighted by Gasteiger charge is 2.33. The lowest BCUT2D eigenvalue weighted by molar-refractivity contribution is -0.118. The van der Waals surface area contributed by atoms with Crippen LogP contribution in [0.4, 0.5) is 11.4 Å². The molecule has 160 valence electrons. The van der Waals surface area contributed by atoms with Gasteiger partial charge in [-0.25, -0.2) is 13.4 Å². The highest BCUT2D eigenvalue weighted by atomic mass is 32.2. The molecule has 1 saturated carbocycles. The number of hydrogen-bond donors (Lipinski definition) is 0. The van der Waals surface area contributed by atoms with Crippen LogP contribution in [0.2, 0.25) is 0 Å². The Balaban J connectivity index is 1.51. The fourth-order valence-electron chi connectivity index (χ4n) is 3.95. The van der Waals surface area contributed by atoms with Crippen molar-refractivity contribution >= 4 is 27.3 Å². The molecule has 7 nitrogen and oxygen atoms in total. The summed E-state index contributed by atoms with van der Waals surface area (Å²) in [7, 11) is -2.18. The Hall–Kier alpha value is -3.13. The maximum Gasteiger partial charge on any atom is 0.264 e. The van der Waals surface area contributed by atoms with Gasteiger partial charge < -0.3 is 9.32 Å². The van der Waals surface area contributed by atoms with E-state index in [1.54, 1.807) is 43.6 Å². The van der Waals surface area contributed by atoms with Gasteiger partial charge in [0.15, 0.2) is 11.7 Å². The Bertz CT molecular complexity index is 1260. The maximum atomic E-state index is 13.6. The zero-order chi connectivity index (χ0) is 21.8. The third kappa shape index (κ3) is 3.40. The molecule has 5 rings (SSSR count).